The molecule has 20 heavy (non-hydrogen) atoms. The fourth-order valence-electron chi connectivity index (χ4n) is 2.48. The quantitative estimate of drug-likeness (QED) is 0.559. The van der Waals surface area contributed by atoms with Gasteiger partial charge in [-0.25, -0.2) is 4.68 Å². The van der Waals surface area contributed by atoms with E-state index >= 15 is 0 Å². The Morgan fingerprint density at radius 2 is 2.10 bits per heavy atom. The molecule has 1 aromatic heterocycles. The summed E-state index contributed by atoms with van der Waals surface area (Å²) in [7, 11) is 0. The van der Waals surface area contributed by atoms with E-state index in [0.717, 1.165) is 56.9 Å². The maximum atomic E-state index is 10.5. The molecule has 1 aliphatic carbocycles. The fraction of sp³-hybridized carbons (Fsp3) is 0.923. The lowest BCUT2D eigenvalue weighted by Crippen LogP contribution is -2.34. The molecule has 1 aliphatic rings. The maximum absolute atomic E-state index is 10.5. The summed E-state index contributed by atoms with van der Waals surface area (Å²) in [5.41, 5.74) is -0.528. The van der Waals surface area contributed by atoms with Gasteiger partial charge in [0.2, 0.25) is 5.16 Å². The Morgan fingerprint density at radius 3 is 2.85 bits per heavy atom. The van der Waals surface area contributed by atoms with Gasteiger partial charge in [-0.15, -0.1) is 5.10 Å². The van der Waals surface area contributed by atoms with Gasteiger partial charge in [-0.1, -0.05) is 37.9 Å². The van der Waals surface area contributed by atoms with E-state index in [1.807, 2.05) is 4.68 Å². The third-order valence-electron chi connectivity index (χ3n) is 3.68. The number of tetrazole rings is 1. The van der Waals surface area contributed by atoms with E-state index in [1.54, 1.807) is 11.8 Å². The molecular weight excluding hydrogens is 274 g/mol. The van der Waals surface area contributed by atoms with Crippen LogP contribution in [0.5, 0.6) is 0 Å². The predicted octanol–water partition coefficient (Wildman–Crippen LogP) is 1.46. The minimum atomic E-state index is -0.528. The van der Waals surface area contributed by atoms with E-state index in [0.29, 0.717) is 5.75 Å². The van der Waals surface area contributed by atoms with Crippen molar-refractivity contribution in [2.75, 3.05) is 18.8 Å². The van der Waals surface area contributed by atoms with Crippen LogP contribution in [-0.4, -0.2) is 49.8 Å². The van der Waals surface area contributed by atoms with Crippen LogP contribution in [-0.2, 0) is 6.54 Å². The van der Waals surface area contributed by atoms with Crippen molar-refractivity contribution in [1.29, 1.82) is 0 Å². The second-order valence-electron chi connectivity index (χ2n) is 5.51. The zero-order chi connectivity index (χ0) is 14.3. The van der Waals surface area contributed by atoms with Crippen molar-refractivity contribution in [2.45, 2.75) is 62.8 Å². The summed E-state index contributed by atoms with van der Waals surface area (Å²) in [4.78, 5) is 0. The first kappa shape index (κ1) is 15.7. The van der Waals surface area contributed by atoms with Gasteiger partial charge < -0.3 is 10.4 Å². The highest BCUT2D eigenvalue weighted by molar-refractivity contribution is 7.99. The lowest BCUT2D eigenvalue weighted by Gasteiger charge is -2.31. The second kappa shape index (κ2) is 7.95. The summed E-state index contributed by atoms with van der Waals surface area (Å²) in [6, 6.07) is 0. The summed E-state index contributed by atoms with van der Waals surface area (Å²) >= 11 is 1.57. The molecular formula is C13H25N5OS. The van der Waals surface area contributed by atoms with Crippen LogP contribution in [0, 0.1) is 0 Å². The van der Waals surface area contributed by atoms with Gasteiger partial charge in [0, 0.05) is 12.3 Å². The van der Waals surface area contributed by atoms with Crippen LogP contribution in [0.1, 0.15) is 45.4 Å². The van der Waals surface area contributed by atoms with Gasteiger partial charge >= 0.3 is 0 Å². The first-order valence-corrected chi connectivity index (χ1v) is 8.54. The molecule has 7 heteroatoms. The SMILES string of the molecule is CCCNCCn1nnnc1SCC1(O)CCCCC1. The molecule has 1 heterocycles. The van der Waals surface area contributed by atoms with Crippen molar-refractivity contribution in [3.8, 4) is 0 Å². The Kier molecular flexibility index (Phi) is 6.25. The highest BCUT2D eigenvalue weighted by atomic mass is 32.2. The highest BCUT2D eigenvalue weighted by Crippen LogP contribution is 2.32. The molecule has 0 atom stereocenters. The number of nitrogens with zero attached hydrogens (tertiary/aromatic N) is 4. The Labute approximate surface area is 124 Å². The molecule has 1 aromatic rings. The van der Waals surface area contributed by atoms with Gasteiger partial charge in [-0.3, -0.25) is 0 Å². The number of hydrogen-bond acceptors (Lipinski definition) is 6. The smallest absolute Gasteiger partial charge is 0.209 e. The molecule has 114 valence electrons. The van der Waals surface area contributed by atoms with Crippen molar-refractivity contribution < 1.29 is 5.11 Å². The molecule has 0 spiro atoms. The molecule has 0 radical (unpaired) electrons. The van der Waals surface area contributed by atoms with Crippen LogP contribution in [0.25, 0.3) is 0 Å². The first-order chi connectivity index (χ1) is 9.73. The monoisotopic (exact) mass is 299 g/mol. The molecule has 1 fully saturated rings. The molecule has 1 saturated carbocycles. The Bertz CT molecular complexity index is 392. The zero-order valence-electron chi connectivity index (χ0n) is 12.2. The van der Waals surface area contributed by atoms with Crippen LogP contribution in [0.15, 0.2) is 5.16 Å². The van der Waals surface area contributed by atoms with Crippen LogP contribution >= 0.6 is 11.8 Å². The Hall–Kier alpha value is -0.660. The summed E-state index contributed by atoms with van der Waals surface area (Å²) in [6.07, 6.45) is 6.43. The van der Waals surface area contributed by atoms with Crippen molar-refractivity contribution in [1.82, 2.24) is 25.5 Å². The number of aliphatic hydroxyl groups is 1. The lowest BCUT2D eigenvalue weighted by atomic mass is 9.86. The molecule has 0 aromatic carbocycles. The van der Waals surface area contributed by atoms with Crippen LogP contribution in [0.3, 0.4) is 0 Å². The van der Waals surface area contributed by atoms with E-state index in [1.165, 1.54) is 6.42 Å². The second-order valence-corrected chi connectivity index (χ2v) is 6.45. The maximum Gasteiger partial charge on any atom is 0.209 e. The molecule has 0 saturated heterocycles. The van der Waals surface area contributed by atoms with E-state index in [2.05, 4.69) is 27.8 Å². The standard InChI is InChI=1S/C13H25N5OS/c1-2-8-14-9-10-18-12(15-16-17-18)20-11-13(19)6-4-3-5-7-13/h14,19H,2-11H2,1H3. The van der Waals surface area contributed by atoms with Crippen molar-refractivity contribution in [3.05, 3.63) is 0 Å². The van der Waals surface area contributed by atoms with Gasteiger partial charge in [0.05, 0.1) is 12.1 Å². The molecule has 6 nitrogen and oxygen atoms in total. The van der Waals surface area contributed by atoms with Gasteiger partial charge in [0.1, 0.15) is 0 Å². The molecule has 0 aliphatic heterocycles. The number of thioether (sulfide) groups is 1. The fourth-order valence-corrected chi connectivity index (χ4v) is 3.54. The van der Waals surface area contributed by atoms with Crippen LogP contribution in [0.4, 0.5) is 0 Å². The van der Waals surface area contributed by atoms with E-state index < -0.39 is 5.60 Å². The predicted molar refractivity (Wildman–Crippen MR) is 79.7 cm³/mol. The average molecular weight is 299 g/mol. The summed E-state index contributed by atoms with van der Waals surface area (Å²) in [6.45, 7) is 4.81. The molecule has 2 N–H and O–H groups in total. The molecule has 0 amide bonds. The summed E-state index contributed by atoms with van der Waals surface area (Å²) in [5.74, 6) is 0.690. The van der Waals surface area contributed by atoms with Crippen LogP contribution in [0.2, 0.25) is 0 Å². The van der Waals surface area contributed by atoms with E-state index in [9.17, 15) is 5.11 Å². The molecule has 0 unspecified atom stereocenters. The third kappa shape index (κ3) is 4.71. The van der Waals surface area contributed by atoms with E-state index in [-0.39, 0.29) is 0 Å². The normalized spacial score (nSPS) is 18.3. The van der Waals surface area contributed by atoms with Gasteiger partial charge in [0.25, 0.3) is 0 Å². The summed E-state index contributed by atoms with van der Waals surface area (Å²) < 4.78 is 1.82. The lowest BCUT2D eigenvalue weighted by molar-refractivity contribution is 0.0272. The highest BCUT2D eigenvalue weighted by Gasteiger charge is 2.29. The minimum Gasteiger partial charge on any atom is -0.389 e. The Morgan fingerprint density at radius 1 is 1.30 bits per heavy atom. The third-order valence-corrected chi connectivity index (χ3v) is 4.91. The van der Waals surface area contributed by atoms with Gasteiger partial charge in [-0.05, 0) is 36.2 Å². The minimum absolute atomic E-state index is 0.528. The van der Waals surface area contributed by atoms with Gasteiger partial charge in [0.15, 0.2) is 0 Å². The largest absolute Gasteiger partial charge is 0.389 e. The number of hydrogen-bond donors (Lipinski definition) is 2. The topological polar surface area (TPSA) is 75.9 Å². The number of nitrogens with one attached hydrogen (secondary N) is 1. The Balaban J connectivity index is 1.79. The molecule has 0 bridgehead atoms. The first-order valence-electron chi connectivity index (χ1n) is 7.55. The van der Waals surface area contributed by atoms with E-state index in [4.69, 9.17) is 0 Å². The average Bonchev–Trinajstić information content (AvgIpc) is 2.90. The number of rotatable bonds is 8. The van der Waals surface area contributed by atoms with Crippen molar-refractivity contribution in [2.24, 2.45) is 0 Å². The number of aromatic nitrogens is 4. The van der Waals surface area contributed by atoms with Crippen molar-refractivity contribution >= 4 is 11.8 Å². The van der Waals surface area contributed by atoms with Gasteiger partial charge in [-0.2, -0.15) is 0 Å². The van der Waals surface area contributed by atoms with Crippen molar-refractivity contribution in [3.63, 3.8) is 0 Å². The molecule has 2 rings (SSSR count). The summed E-state index contributed by atoms with van der Waals surface area (Å²) in [5, 5.41) is 26.5. The van der Waals surface area contributed by atoms with Crippen LogP contribution < -0.4 is 5.32 Å². The zero-order valence-corrected chi connectivity index (χ0v) is 13.0.